The van der Waals surface area contributed by atoms with E-state index in [2.05, 4.69) is 4.98 Å². The van der Waals surface area contributed by atoms with Crippen molar-refractivity contribution in [3.63, 3.8) is 0 Å². The first-order valence-corrected chi connectivity index (χ1v) is 7.69. The van der Waals surface area contributed by atoms with E-state index in [1.165, 1.54) is 6.20 Å². The number of pyridine rings is 1. The van der Waals surface area contributed by atoms with E-state index in [4.69, 9.17) is 0 Å². The molecule has 0 saturated heterocycles. The van der Waals surface area contributed by atoms with Gasteiger partial charge in [0.1, 0.15) is 5.57 Å². The highest BCUT2D eigenvalue weighted by Gasteiger charge is 2.47. The van der Waals surface area contributed by atoms with Crippen LogP contribution in [0.3, 0.4) is 0 Å². The number of halogens is 3. The zero-order valence-corrected chi connectivity index (χ0v) is 13.2. The number of ketones is 1. The van der Waals surface area contributed by atoms with E-state index in [0.717, 1.165) is 5.56 Å². The second kappa shape index (κ2) is 5.28. The molecule has 0 amide bonds. The van der Waals surface area contributed by atoms with Gasteiger partial charge >= 0.3 is 6.18 Å². The van der Waals surface area contributed by atoms with Crippen LogP contribution in [0.1, 0.15) is 27.0 Å². The lowest BCUT2D eigenvalue weighted by Gasteiger charge is -2.12. The van der Waals surface area contributed by atoms with E-state index in [1.54, 1.807) is 42.5 Å². The van der Waals surface area contributed by atoms with Gasteiger partial charge in [0.05, 0.1) is 5.52 Å². The van der Waals surface area contributed by atoms with Gasteiger partial charge in [-0.05, 0) is 24.6 Å². The van der Waals surface area contributed by atoms with Gasteiger partial charge in [-0.2, -0.15) is 13.2 Å². The fraction of sp³-hybridized carbons (Fsp3) is 0.100. The molecule has 0 unspecified atom stereocenters. The summed E-state index contributed by atoms with van der Waals surface area (Å²) in [6, 6.07) is 13.6. The second-order valence-corrected chi connectivity index (χ2v) is 6.01. The molecular weight excluding hydrogens is 327 g/mol. The molecule has 0 N–H and O–H groups in total. The Morgan fingerprint density at radius 3 is 2.40 bits per heavy atom. The number of benzene rings is 2. The van der Waals surface area contributed by atoms with Crippen LogP contribution in [0.15, 0.2) is 60.3 Å². The van der Waals surface area contributed by atoms with Crippen LogP contribution in [0.5, 0.6) is 0 Å². The molecule has 0 fully saturated rings. The average molecular weight is 339 g/mol. The standard InChI is InChI=1S/C20H12F3NO/c1-11-7-8-15-13(9-11)17-14(10-24-15)19(25)18(20(21,22)23)16(17)12-5-3-2-4-6-12/h2-10H,1H3. The Hall–Kier alpha value is -2.95. The van der Waals surface area contributed by atoms with Crippen LogP contribution < -0.4 is 0 Å². The minimum Gasteiger partial charge on any atom is -0.289 e. The van der Waals surface area contributed by atoms with Crippen molar-refractivity contribution < 1.29 is 18.0 Å². The van der Waals surface area contributed by atoms with E-state index in [9.17, 15) is 18.0 Å². The molecule has 1 heterocycles. The fourth-order valence-corrected chi connectivity index (χ4v) is 3.29. The zero-order valence-electron chi connectivity index (χ0n) is 13.2. The number of Topliss-reactive ketones (excluding diaryl/α,β-unsaturated/α-hetero) is 1. The number of aryl methyl sites for hydroxylation is 1. The Morgan fingerprint density at radius 2 is 1.72 bits per heavy atom. The number of fused-ring (bicyclic) bond motifs is 3. The molecule has 0 saturated carbocycles. The van der Waals surface area contributed by atoms with Crippen LogP contribution in [-0.2, 0) is 0 Å². The summed E-state index contributed by atoms with van der Waals surface area (Å²) in [4.78, 5) is 16.7. The van der Waals surface area contributed by atoms with Crippen molar-refractivity contribution in [1.82, 2.24) is 4.98 Å². The van der Waals surface area contributed by atoms with E-state index in [-0.39, 0.29) is 11.1 Å². The van der Waals surface area contributed by atoms with Crippen molar-refractivity contribution in [3.8, 4) is 0 Å². The smallest absolute Gasteiger partial charge is 0.289 e. The second-order valence-electron chi connectivity index (χ2n) is 6.01. The van der Waals surface area contributed by atoms with Gasteiger partial charge in [0, 0.05) is 28.3 Å². The normalized spacial score (nSPS) is 14.3. The molecule has 5 heteroatoms. The first kappa shape index (κ1) is 15.6. The van der Waals surface area contributed by atoms with Crippen LogP contribution in [0.25, 0.3) is 16.5 Å². The van der Waals surface area contributed by atoms with Crippen molar-refractivity contribution >= 4 is 22.3 Å². The quantitative estimate of drug-likeness (QED) is 0.617. The summed E-state index contributed by atoms with van der Waals surface area (Å²) in [6.07, 6.45) is -3.49. The lowest BCUT2D eigenvalue weighted by Crippen LogP contribution is -2.18. The van der Waals surface area contributed by atoms with Gasteiger partial charge in [0.25, 0.3) is 0 Å². The molecule has 25 heavy (non-hydrogen) atoms. The van der Waals surface area contributed by atoms with Gasteiger partial charge in [-0.25, -0.2) is 0 Å². The summed E-state index contributed by atoms with van der Waals surface area (Å²) in [5.41, 5.74) is 0.963. The summed E-state index contributed by atoms with van der Waals surface area (Å²) in [5, 5.41) is 0.559. The molecular formula is C20H12F3NO. The van der Waals surface area contributed by atoms with Gasteiger partial charge < -0.3 is 0 Å². The van der Waals surface area contributed by atoms with Gasteiger partial charge in [-0.15, -0.1) is 0 Å². The Labute approximate surface area is 141 Å². The Morgan fingerprint density at radius 1 is 1.00 bits per heavy atom. The highest BCUT2D eigenvalue weighted by Crippen LogP contribution is 2.46. The van der Waals surface area contributed by atoms with Crippen LogP contribution in [0.4, 0.5) is 13.2 Å². The molecule has 1 aliphatic carbocycles. The monoisotopic (exact) mass is 339 g/mol. The van der Waals surface area contributed by atoms with Crippen LogP contribution in [0, 0.1) is 6.92 Å². The van der Waals surface area contributed by atoms with E-state index < -0.39 is 17.5 Å². The molecule has 2 aromatic carbocycles. The molecule has 2 nitrogen and oxygen atoms in total. The van der Waals surface area contributed by atoms with Crippen molar-refractivity contribution in [1.29, 1.82) is 0 Å². The van der Waals surface area contributed by atoms with Gasteiger partial charge in [0.15, 0.2) is 0 Å². The topological polar surface area (TPSA) is 30.0 Å². The molecule has 0 spiro atoms. The van der Waals surface area contributed by atoms with E-state index >= 15 is 0 Å². The minimum absolute atomic E-state index is 0.00396. The molecule has 4 rings (SSSR count). The highest BCUT2D eigenvalue weighted by atomic mass is 19.4. The number of allylic oxidation sites excluding steroid dienone is 1. The number of alkyl halides is 3. The first-order chi connectivity index (χ1) is 11.9. The van der Waals surface area contributed by atoms with Gasteiger partial charge in [0.2, 0.25) is 5.78 Å². The number of hydrogen-bond acceptors (Lipinski definition) is 2. The summed E-state index contributed by atoms with van der Waals surface area (Å²) < 4.78 is 41.1. The maximum absolute atomic E-state index is 13.7. The predicted molar refractivity (Wildman–Crippen MR) is 89.3 cm³/mol. The van der Waals surface area contributed by atoms with Crippen molar-refractivity contribution in [3.05, 3.63) is 82.6 Å². The van der Waals surface area contributed by atoms with Gasteiger partial charge in [-0.3, -0.25) is 9.78 Å². The Kier molecular flexibility index (Phi) is 3.29. The summed E-state index contributed by atoms with van der Waals surface area (Å²) in [7, 11) is 0. The molecule has 0 radical (unpaired) electrons. The molecule has 3 aromatic rings. The highest BCUT2D eigenvalue weighted by molar-refractivity contribution is 6.26. The summed E-state index contributed by atoms with van der Waals surface area (Å²) in [6.45, 7) is 1.85. The summed E-state index contributed by atoms with van der Waals surface area (Å²) in [5.74, 6) is -1.02. The predicted octanol–water partition coefficient (Wildman–Crippen LogP) is 5.10. The lowest BCUT2D eigenvalue weighted by molar-refractivity contribution is -0.0878. The first-order valence-electron chi connectivity index (χ1n) is 7.69. The Balaban J connectivity index is 2.17. The van der Waals surface area contributed by atoms with Gasteiger partial charge in [-0.1, -0.05) is 42.0 Å². The number of nitrogens with zero attached hydrogens (tertiary/aromatic N) is 1. The number of hydrogen-bond donors (Lipinski definition) is 0. The third-order valence-electron chi connectivity index (χ3n) is 4.34. The lowest BCUT2D eigenvalue weighted by atomic mass is 9.94. The summed E-state index contributed by atoms with van der Waals surface area (Å²) >= 11 is 0. The zero-order chi connectivity index (χ0) is 17.8. The molecule has 1 aromatic heterocycles. The Bertz CT molecular complexity index is 1050. The van der Waals surface area contributed by atoms with Crippen molar-refractivity contribution in [2.75, 3.05) is 0 Å². The molecule has 0 bridgehead atoms. The fourth-order valence-electron chi connectivity index (χ4n) is 3.29. The van der Waals surface area contributed by atoms with Crippen LogP contribution in [-0.4, -0.2) is 16.9 Å². The van der Waals surface area contributed by atoms with Crippen LogP contribution >= 0.6 is 0 Å². The van der Waals surface area contributed by atoms with Crippen molar-refractivity contribution in [2.45, 2.75) is 13.1 Å². The molecule has 0 aliphatic heterocycles. The number of rotatable bonds is 1. The van der Waals surface area contributed by atoms with Crippen molar-refractivity contribution in [2.24, 2.45) is 0 Å². The molecule has 1 aliphatic rings. The molecule has 124 valence electrons. The largest absolute Gasteiger partial charge is 0.420 e. The number of carbonyl (C=O) groups is 1. The molecule has 0 atom stereocenters. The SMILES string of the molecule is Cc1ccc2ncc3c(c2c1)C(c1ccccc1)=C(C(F)(F)F)C3=O. The minimum atomic E-state index is -4.74. The number of carbonyl (C=O) groups excluding carboxylic acids is 1. The maximum Gasteiger partial charge on any atom is 0.420 e. The maximum atomic E-state index is 13.7. The van der Waals surface area contributed by atoms with E-state index in [0.29, 0.717) is 22.0 Å². The average Bonchev–Trinajstić information content (AvgIpc) is 2.89. The van der Waals surface area contributed by atoms with Crippen LogP contribution in [0.2, 0.25) is 0 Å². The third kappa shape index (κ3) is 2.35. The third-order valence-corrected chi connectivity index (χ3v) is 4.34. The van der Waals surface area contributed by atoms with E-state index in [1.807, 2.05) is 13.0 Å². The number of aromatic nitrogens is 1.